The van der Waals surface area contributed by atoms with Crippen LogP contribution < -0.4 is 11.5 Å². The minimum atomic E-state index is -0.119. The molecule has 2 rings (SSSR count). The molecule has 2 aromatic rings. The van der Waals surface area contributed by atoms with Crippen LogP contribution in [0, 0.1) is 0 Å². The zero-order valence-electron chi connectivity index (χ0n) is 10.5. The van der Waals surface area contributed by atoms with Crippen LogP contribution >= 0.6 is 11.8 Å². The lowest BCUT2D eigenvalue weighted by Gasteiger charge is -1.98. The Labute approximate surface area is 113 Å². The van der Waals surface area contributed by atoms with Gasteiger partial charge in [-0.3, -0.25) is 0 Å². The predicted octanol–water partition coefficient (Wildman–Crippen LogP) is 0.102. The van der Waals surface area contributed by atoms with Crippen LogP contribution in [0.15, 0.2) is 10.1 Å². The van der Waals surface area contributed by atoms with Gasteiger partial charge in [-0.25, -0.2) is 0 Å². The number of aromatic nitrogens is 6. The maximum atomic E-state index is 5.27. The first-order chi connectivity index (χ1) is 9.20. The van der Waals surface area contributed by atoms with Gasteiger partial charge in [-0.2, -0.15) is 9.51 Å². The van der Waals surface area contributed by atoms with Gasteiger partial charge in [-0.15, -0.1) is 25.5 Å². The lowest BCUT2D eigenvalue weighted by Crippen LogP contribution is -2.22. The second kappa shape index (κ2) is 6.27. The number of hydrogen-bond donors (Lipinski definition) is 2. The van der Waals surface area contributed by atoms with Crippen LogP contribution in [-0.2, 0) is 0 Å². The van der Waals surface area contributed by atoms with Gasteiger partial charge in [0, 0.05) is 5.75 Å². The molecule has 0 saturated heterocycles. The molecule has 2 aromatic heterocycles. The third kappa shape index (κ3) is 3.50. The van der Waals surface area contributed by atoms with Crippen LogP contribution in [0.1, 0.15) is 26.2 Å². The van der Waals surface area contributed by atoms with E-state index >= 15 is 0 Å². The summed E-state index contributed by atoms with van der Waals surface area (Å²) in [5.74, 6) is 1.25. The van der Waals surface area contributed by atoms with Crippen LogP contribution in [-0.4, -0.2) is 41.7 Å². The predicted molar refractivity (Wildman–Crippen MR) is 72.1 cm³/mol. The largest absolute Gasteiger partial charge is 0.370 e. The maximum absolute atomic E-state index is 5.27. The summed E-state index contributed by atoms with van der Waals surface area (Å²) in [6.07, 6.45) is 3.49. The van der Waals surface area contributed by atoms with E-state index in [1.807, 2.05) is 0 Å². The van der Waals surface area contributed by atoms with E-state index in [2.05, 4.69) is 37.4 Å². The molecule has 0 fully saturated rings. The van der Waals surface area contributed by atoms with Crippen molar-refractivity contribution in [2.75, 3.05) is 5.75 Å². The molecule has 9 nitrogen and oxygen atoms in total. The van der Waals surface area contributed by atoms with Crippen molar-refractivity contribution in [1.29, 1.82) is 0 Å². The molecule has 0 saturated carbocycles. The molecule has 0 aromatic carbocycles. The number of fused-ring (bicyclic) bond motifs is 1. The van der Waals surface area contributed by atoms with E-state index in [0.717, 1.165) is 12.2 Å². The molecular formula is C9H15N9S. The van der Waals surface area contributed by atoms with Crippen LogP contribution in [0.2, 0.25) is 0 Å². The Morgan fingerprint density at radius 3 is 2.74 bits per heavy atom. The monoisotopic (exact) mass is 281 g/mol. The summed E-state index contributed by atoms with van der Waals surface area (Å²) in [6, 6.07) is 0. The number of unbranched alkanes of at least 4 members (excludes halogenated alkanes) is 2. The van der Waals surface area contributed by atoms with E-state index in [-0.39, 0.29) is 11.9 Å². The van der Waals surface area contributed by atoms with E-state index in [1.54, 1.807) is 11.8 Å². The van der Waals surface area contributed by atoms with Crippen molar-refractivity contribution in [2.24, 2.45) is 16.5 Å². The summed E-state index contributed by atoms with van der Waals surface area (Å²) < 4.78 is 1.49. The fourth-order valence-electron chi connectivity index (χ4n) is 1.37. The Bertz CT molecular complexity index is 574. The van der Waals surface area contributed by atoms with Crippen molar-refractivity contribution >= 4 is 29.4 Å². The normalized spacial score (nSPS) is 10.8. The second-order valence-electron chi connectivity index (χ2n) is 3.79. The van der Waals surface area contributed by atoms with Gasteiger partial charge in [0.25, 0.3) is 11.7 Å². The fraction of sp³-hybridized carbons (Fsp3) is 0.556. The van der Waals surface area contributed by atoms with Crippen molar-refractivity contribution in [3.8, 4) is 0 Å². The van der Waals surface area contributed by atoms with E-state index in [9.17, 15) is 0 Å². The van der Waals surface area contributed by atoms with Gasteiger partial charge in [0.05, 0.1) is 0 Å². The summed E-state index contributed by atoms with van der Waals surface area (Å²) in [4.78, 5) is 3.74. The average Bonchev–Trinajstić information content (AvgIpc) is 2.77. The van der Waals surface area contributed by atoms with Crippen molar-refractivity contribution in [3.63, 3.8) is 0 Å². The lowest BCUT2D eigenvalue weighted by molar-refractivity contribution is 0.755. The molecule has 0 aliphatic heterocycles. The molecule has 19 heavy (non-hydrogen) atoms. The molecule has 0 radical (unpaired) electrons. The van der Waals surface area contributed by atoms with Gasteiger partial charge in [-0.1, -0.05) is 31.5 Å². The number of rotatable bonds is 6. The number of nitrogens with zero attached hydrogens (tertiary/aromatic N) is 7. The Balaban J connectivity index is 2.17. The Kier molecular flexibility index (Phi) is 4.44. The highest BCUT2D eigenvalue weighted by molar-refractivity contribution is 7.99. The standard InChI is InChI=1S/C9H15N9S/c1-2-3-4-5-19-9-16-15-8-14-13-7(12-6(10)11)17-18(8)9/h2-5H2,1H3,(H4,10,11,12,17). The van der Waals surface area contributed by atoms with Gasteiger partial charge >= 0.3 is 0 Å². The first-order valence-corrected chi connectivity index (χ1v) is 6.88. The Morgan fingerprint density at radius 2 is 2.00 bits per heavy atom. The zero-order chi connectivity index (χ0) is 13.7. The number of aliphatic imine (C=N–C) groups is 1. The highest BCUT2D eigenvalue weighted by Crippen LogP contribution is 2.17. The van der Waals surface area contributed by atoms with Crippen LogP contribution in [0.25, 0.3) is 5.78 Å². The van der Waals surface area contributed by atoms with Crippen LogP contribution in [0.4, 0.5) is 5.95 Å². The van der Waals surface area contributed by atoms with Crippen molar-refractivity contribution < 1.29 is 0 Å². The minimum absolute atomic E-state index is 0.0858. The van der Waals surface area contributed by atoms with Crippen molar-refractivity contribution in [2.45, 2.75) is 31.3 Å². The Morgan fingerprint density at radius 1 is 1.21 bits per heavy atom. The van der Waals surface area contributed by atoms with E-state index in [0.29, 0.717) is 10.9 Å². The molecule has 2 heterocycles. The number of hydrogen-bond acceptors (Lipinski definition) is 7. The topological polar surface area (TPSA) is 133 Å². The quantitative estimate of drug-likeness (QED) is 0.329. The molecular weight excluding hydrogens is 266 g/mol. The Hall–Kier alpha value is -1.97. The highest BCUT2D eigenvalue weighted by Gasteiger charge is 2.10. The zero-order valence-corrected chi connectivity index (χ0v) is 11.3. The van der Waals surface area contributed by atoms with Gasteiger partial charge in [-0.05, 0) is 6.42 Å². The maximum Gasteiger partial charge on any atom is 0.291 e. The molecule has 0 unspecified atom stereocenters. The van der Waals surface area contributed by atoms with E-state index < -0.39 is 0 Å². The summed E-state index contributed by atoms with van der Waals surface area (Å²) in [5, 5.41) is 20.3. The van der Waals surface area contributed by atoms with Gasteiger partial charge in [0.1, 0.15) is 0 Å². The SMILES string of the molecule is CCCCCSc1nnc2nnc(N=C(N)N)nn12. The van der Waals surface area contributed by atoms with Crippen LogP contribution in [0.3, 0.4) is 0 Å². The lowest BCUT2D eigenvalue weighted by atomic mass is 10.3. The molecule has 102 valence electrons. The smallest absolute Gasteiger partial charge is 0.291 e. The first-order valence-electron chi connectivity index (χ1n) is 5.89. The summed E-state index contributed by atoms with van der Waals surface area (Å²) in [7, 11) is 0. The van der Waals surface area contributed by atoms with E-state index in [1.165, 1.54) is 17.4 Å². The fourth-order valence-corrected chi connectivity index (χ4v) is 2.25. The minimum Gasteiger partial charge on any atom is -0.370 e. The second-order valence-corrected chi connectivity index (χ2v) is 4.85. The molecule has 10 heteroatoms. The average molecular weight is 281 g/mol. The molecule has 0 spiro atoms. The third-order valence-electron chi connectivity index (χ3n) is 2.22. The summed E-state index contributed by atoms with van der Waals surface area (Å²) >= 11 is 1.57. The molecule has 0 bridgehead atoms. The third-order valence-corrected chi connectivity index (χ3v) is 3.23. The molecule has 0 aliphatic carbocycles. The van der Waals surface area contributed by atoms with Crippen LogP contribution in [0.5, 0.6) is 0 Å². The molecule has 0 aliphatic rings. The van der Waals surface area contributed by atoms with Gasteiger partial charge < -0.3 is 11.5 Å². The molecule has 0 amide bonds. The number of thioether (sulfide) groups is 1. The van der Waals surface area contributed by atoms with E-state index in [4.69, 9.17) is 11.5 Å². The first kappa shape index (κ1) is 13.5. The summed E-state index contributed by atoms with van der Waals surface area (Å²) in [6.45, 7) is 2.16. The summed E-state index contributed by atoms with van der Waals surface area (Å²) in [5.41, 5.74) is 10.5. The molecule has 4 N–H and O–H groups in total. The molecule has 0 atom stereocenters. The number of guanidine groups is 1. The van der Waals surface area contributed by atoms with Gasteiger partial charge in [0.15, 0.2) is 5.96 Å². The highest BCUT2D eigenvalue weighted by atomic mass is 32.2. The van der Waals surface area contributed by atoms with Crippen molar-refractivity contribution in [3.05, 3.63) is 0 Å². The number of nitrogens with two attached hydrogens (primary N) is 2. The van der Waals surface area contributed by atoms with Crippen molar-refractivity contribution in [1.82, 2.24) is 30.0 Å². The van der Waals surface area contributed by atoms with Gasteiger partial charge in [0.2, 0.25) is 5.16 Å².